The van der Waals surface area contributed by atoms with Crippen molar-refractivity contribution >= 4 is 13.3 Å². The highest BCUT2D eigenvalue weighted by Crippen LogP contribution is 2.45. The number of hydrogen-bond donors (Lipinski definition) is 0. The molecule has 2 atom stereocenters. The molecule has 2 nitrogen and oxygen atoms in total. The fourth-order valence-electron chi connectivity index (χ4n) is 8.27. The van der Waals surface area contributed by atoms with Gasteiger partial charge in [-0.1, -0.05) is 114 Å². The molecule has 0 spiro atoms. The molecule has 7 rings (SSSR count). The highest BCUT2D eigenvalue weighted by Gasteiger charge is 2.44. The minimum atomic E-state index is -1.65. The lowest BCUT2D eigenvalue weighted by Gasteiger charge is -2.34. The smallest absolute Gasteiger partial charge is 0.194 e. The first-order valence-corrected chi connectivity index (χ1v) is 20.9. The van der Waals surface area contributed by atoms with Gasteiger partial charge in [-0.05, 0) is 71.6 Å². The lowest BCUT2D eigenvalue weighted by molar-refractivity contribution is -0.722. The Balaban J connectivity index is 1.45. The standard InChI is InChI=1S/C44H50N2Si/c1-30-27-45-28-31(2)43-38(23-22-33-18-12-13-19-35(33)40(45)25-39(30)32-16-10-9-11-17-32)36-20-14-15-21-37(36)41-24-34(26-44(3,4)5)42(29-46(41)43)47(6,7)8/h9-21,24-25,27,29,38,43H,2,22-23,26,28H2,1,3-8H3/q+2. The fourth-order valence-corrected chi connectivity index (χ4v) is 9.92. The van der Waals surface area contributed by atoms with Crippen LogP contribution >= 0.6 is 0 Å². The van der Waals surface area contributed by atoms with Gasteiger partial charge < -0.3 is 0 Å². The zero-order valence-electron chi connectivity index (χ0n) is 29.4. The van der Waals surface area contributed by atoms with Crippen LogP contribution < -0.4 is 14.3 Å². The van der Waals surface area contributed by atoms with Crippen LogP contribution in [0.2, 0.25) is 19.6 Å². The van der Waals surface area contributed by atoms with Gasteiger partial charge in [-0.3, -0.25) is 0 Å². The van der Waals surface area contributed by atoms with E-state index >= 15 is 0 Å². The van der Waals surface area contributed by atoms with E-state index in [1.54, 1.807) is 5.19 Å². The molecule has 3 aromatic carbocycles. The number of hydrogen-bond acceptors (Lipinski definition) is 0. The van der Waals surface area contributed by atoms with E-state index in [4.69, 9.17) is 6.58 Å². The van der Waals surface area contributed by atoms with Crippen molar-refractivity contribution in [3.8, 4) is 33.6 Å². The molecule has 47 heavy (non-hydrogen) atoms. The molecule has 2 unspecified atom stereocenters. The SMILES string of the molecule is C=C1C[n+]2cc(C)c(-c3ccccc3)cc2-c2ccccc2CCC2c3ccccc3-c3cc(CC(C)(C)C)c([Si](C)(C)C)c[n+]3C12. The minimum absolute atomic E-state index is 0.179. The van der Waals surface area contributed by atoms with Crippen LogP contribution in [-0.4, -0.2) is 8.07 Å². The van der Waals surface area contributed by atoms with Crippen molar-refractivity contribution < 1.29 is 9.13 Å². The average Bonchev–Trinajstić information content (AvgIpc) is 3.02. The van der Waals surface area contributed by atoms with Crippen LogP contribution in [-0.2, 0) is 19.4 Å². The fraction of sp³-hybridized carbons (Fsp3) is 0.318. The Hall–Kier alpha value is -4.08. The highest BCUT2D eigenvalue weighted by atomic mass is 28.3. The summed E-state index contributed by atoms with van der Waals surface area (Å²) >= 11 is 0. The summed E-state index contributed by atoms with van der Waals surface area (Å²) in [5, 5.41) is 1.58. The van der Waals surface area contributed by atoms with Gasteiger partial charge in [-0.2, -0.15) is 9.13 Å². The molecule has 0 N–H and O–H groups in total. The maximum Gasteiger partial charge on any atom is 0.213 e. The van der Waals surface area contributed by atoms with E-state index in [0.717, 1.165) is 25.8 Å². The number of fused-ring (bicyclic) bond motifs is 9. The van der Waals surface area contributed by atoms with Gasteiger partial charge in [0.15, 0.2) is 25.0 Å². The van der Waals surface area contributed by atoms with E-state index in [2.05, 4.69) is 160 Å². The van der Waals surface area contributed by atoms with Crippen LogP contribution in [0.5, 0.6) is 0 Å². The van der Waals surface area contributed by atoms with Gasteiger partial charge in [0.2, 0.25) is 11.4 Å². The Morgan fingerprint density at radius 3 is 2.19 bits per heavy atom. The summed E-state index contributed by atoms with van der Waals surface area (Å²) in [5.74, 6) is 0.346. The lowest BCUT2D eigenvalue weighted by Crippen LogP contribution is -2.55. The normalized spacial score (nSPS) is 17.6. The van der Waals surface area contributed by atoms with E-state index < -0.39 is 8.07 Å². The van der Waals surface area contributed by atoms with Gasteiger partial charge in [-0.15, -0.1) is 0 Å². The molecule has 0 bridgehead atoms. The number of pyridine rings is 2. The first kappa shape index (κ1) is 31.5. The van der Waals surface area contributed by atoms with E-state index in [-0.39, 0.29) is 11.5 Å². The highest BCUT2D eigenvalue weighted by molar-refractivity contribution is 6.89. The van der Waals surface area contributed by atoms with Crippen molar-refractivity contribution in [1.29, 1.82) is 0 Å². The van der Waals surface area contributed by atoms with Gasteiger partial charge >= 0.3 is 0 Å². The summed E-state index contributed by atoms with van der Waals surface area (Å²) in [6.45, 7) is 22.6. The largest absolute Gasteiger partial charge is 0.213 e. The Labute approximate surface area is 283 Å². The number of benzene rings is 3. The van der Waals surface area contributed by atoms with Gasteiger partial charge in [0.05, 0.1) is 19.6 Å². The summed E-state index contributed by atoms with van der Waals surface area (Å²) in [6.07, 6.45) is 8.13. The monoisotopic (exact) mass is 634 g/mol. The third-order valence-electron chi connectivity index (χ3n) is 10.3. The van der Waals surface area contributed by atoms with Crippen LogP contribution in [0.4, 0.5) is 0 Å². The summed E-state index contributed by atoms with van der Waals surface area (Å²) in [4.78, 5) is 0. The molecule has 2 aromatic heterocycles. The zero-order valence-corrected chi connectivity index (χ0v) is 30.4. The number of aryl methyl sites for hydroxylation is 2. The lowest BCUT2D eigenvalue weighted by atomic mass is 9.76. The van der Waals surface area contributed by atoms with E-state index in [1.165, 1.54) is 61.5 Å². The second-order valence-corrected chi connectivity index (χ2v) is 21.3. The molecule has 2 aliphatic rings. The van der Waals surface area contributed by atoms with Gasteiger partial charge in [0, 0.05) is 34.0 Å². The topological polar surface area (TPSA) is 7.76 Å². The van der Waals surface area contributed by atoms with Gasteiger partial charge in [-0.25, -0.2) is 0 Å². The predicted octanol–water partition coefficient (Wildman–Crippen LogP) is 9.55. The van der Waals surface area contributed by atoms with Crippen molar-refractivity contribution in [1.82, 2.24) is 0 Å². The molecule has 0 radical (unpaired) electrons. The van der Waals surface area contributed by atoms with Crippen LogP contribution in [0.25, 0.3) is 33.6 Å². The zero-order chi connectivity index (χ0) is 33.1. The van der Waals surface area contributed by atoms with Crippen molar-refractivity contribution in [2.45, 2.75) is 85.1 Å². The molecule has 238 valence electrons. The molecular weight excluding hydrogens is 585 g/mol. The molecular formula is C44H50N2Si+2. The number of allylic oxidation sites excluding steroid dienone is 1. The van der Waals surface area contributed by atoms with Crippen molar-refractivity contribution in [3.63, 3.8) is 0 Å². The van der Waals surface area contributed by atoms with Gasteiger partial charge in [0.1, 0.15) is 0 Å². The molecule has 0 amide bonds. The predicted molar refractivity (Wildman–Crippen MR) is 200 cm³/mol. The van der Waals surface area contributed by atoms with Crippen LogP contribution in [0.3, 0.4) is 0 Å². The number of rotatable bonds is 3. The third kappa shape index (κ3) is 5.95. The molecule has 0 saturated carbocycles. The molecule has 5 aromatic rings. The van der Waals surface area contributed by atoms with Crippen molar-refractivity contribution in [3.05, 3.63) is 138 Å². The van der Waals surface area contributed by atoms with E-state index in [0.29, 0.717) is 5.92 Å². The van der Waals surface area contributed by atoms with E-state index in [9.17, 15) is 0 Å². The second kappa shape index (κ2) is 11.9. The molecule has 0 fully saturated rings. The quantitative estimate of drug-likeness (QED) is 0.106. The molecule has 0 aliphatic carbocycles. The summed E-state index contributed by atoms with van der Waals surface area (Å²) in [6, 6.07) is 34.3. The van der Waals surface area contributed by atoms with Crippen LogP contribution in [0.1, 0.15) is 61.4 Å². The first-order valence-electron chi connectivity index (χ1n) is 17.4. The van der Waals surface area contributed by atoms with Crippen LogP contribution in [0.15, 0.2) is 116 Å². The number of aromatic nitrogens is 2. The summed E-state index contributed by atoms with van der Waals surface area (Å²) in [7, 11) is -1.65. The van der Waals surface area contributed by atoms with E-state index in [1.807, 2.05) is 0 Å². The Morgan fingerprint density at radius 2 is 1.47 bits per heavy atom. The first-order chi connectivity index (χ1) is 22.4. The molecule has 4 heterocycles. The van der Waals surface area contributed by atoms with Crippen molar-refractivity contribution in [2.24, 2.45) is 5.41 Å². The molecule has 0 saturated heterocycles. The summed E-state index contributed by atoms with van der Waals surface area (Å²) < 4.78 is 5.15. The Morgan fingerprint density at radius 1 is 0.787 bits per heavy atom. The molecule has 3 heteroatoms. The van der Waals surface area contributed by atoms with Crippen LogP contribution in [0, 0.1) is 12.3 Å². The second-order valence-electron chi connectivity index (χ2n) is 16.2. The third-order valence-corrected chi connectivity index (χ3v) is 12.4. The summed E-state index contributed by atoms with van der Waals surface area (Å²) in [5.41, 5.74) is 15.1. The number of nitrogens with zero attached hydrogens (tertiary/aromatic N) is 2. The molecule has 2 aliphatic heterocycles. The van der Waals surface area contributed by atoms with Gasteiger partial charge in [0.25, 0.3) is 0 Å². The average molecular weight is 635 g/mol. The maximum atomic E-state index is 4.95. The minimum Gasteiger partial charge on any atom is -0.194 e. The Kier molecular flexibility index (Phi) is 7.95. The van der Waals surface area contributed by atoms with Crippen molar-refractivity contribution in [2.75, 3.05) is 0 Å². The maximum absolute atomic E-state index is 4.95. The Bertz CT molecular complexity index is 1990.